The molecule has 1 N–H and O–H groups in total. The van der Waals surface area contributed by atoms with Crippen molar-refractivity contribution in [2.75, 3.05) is 13.6 Å². The van der Waals surface area contributed by atoms with E-state index >= 15 is 0 Å². The molecule has 0 bridgehead atoms. The summed E-state index contributed by atoms with van der Waals surface area (Å²) in [6, 6.07) is 2.25. The van der Waals surface area contributed by atoms with Crippen LogP contribution in [0.15, 0.2) is 18.2 Å². The molecule has 1 saturated heterocycles. The number of nitrogens with zero attached hydrogens (tertiary/aromatic N) is 1. The highest BCUT2D eigenvalue weighted by Crippen LogP contribution is 2.54. The maximum Gasteiger partial charge on any atom is 0.435 e. The summed E-state index contributed by atoms with van der Waals surface area (Å²) in [5.41, 5.74) is -6.02. The second-order valence-corrected chi connectivity index (χ2v) is 9.24. The van der Waals surface area contributed by atoms with Crippen LogP contribution < -0.4 is 5.32 Å². The summed E-state index contributed by atoms with van der Waals surface area (Å²) in [5.74, 6) is -0.947. The summed E-state index contributed by atoms with van der Waals surface area (Å²) in [6.45, 7) is 0.334. The molecule has 1 saturated carbocycles. The predicted octanol–water partition coefficient (Wildman–Crippen LogP) is 4.38. The van der Waals surface area contributed by atoms with Crippen LogP contribution in [0.4, 0.5) is 30.7 Å². The van der Waals surface area contributed by atoms with Crippen molar-refractivity contribution >= 4 is 11.8 Å². The van der Waals surface area contributed by atoms with Crippen molar-refractivity contribution in [1.82, 2.24) is 10.2 Å². The molecular formula is C22H23F7N2O2. The van der Waals surface area contributed by atoms with Gasteiger partial charge in [0.25, 0.3) is 0 Å². The molecule has 182 valence electrons. The number of rotatable bonds is 3. The van der Waals surface area contributed by atoms with Crippen LogP contribution in [-0.2, 0) is 21.7 Å². The van der Waals surface area contributed by atoms with Gasteiger partial charge in [-0.1, -0.05) is 18.2 Å². The van der Waals surface area contributed by atoms with Gasteiger partial charge < -0.3 is 10.2 Å². The maximum atomic E-state index is 14.5. The molecule has 1 aromatic rings. The molecule has 1 aliphatic heterocycles. The number of benzene rings is 1. The third-order valence-electron chi connectivity index (χ3n) is 7.33. The number of amides is 2. The highest BCUT2D eigenvalue weighted by atomic mass is 19.4. The van der Waals surface area contributed by atoms with Gasteiger partial charge in [0, 0.05) is 31.6 Å². The Bertz CT molecular complexity index is 945. The minimum Gasteiger partial charge on any atom is -0.353 e. The van der Waals surface area contributed by atoms with Crippen molar-refractivity contribution in [2.45, 2.75) is 62.1 Å². The van der Waals surface area contributed by atoms with Gasteiger partial charge in [0.1, 0.15) is 0 Å². The van der Waals surface area contributed by atoms with E-state index in [-0.39, 0.29) is 48.1 Å². The summed E-state index contributed by atoms with van der Waals surface area (Å²) < 4.78 is 93.2. The first-order chi connectivity index (χ1) is 15.2. The maximum absolute atomic E-state index is 14.5. The van der Waals surface area contributed by atoms with E-state index < -0.39 is 29.5 Å². The fourth-order valence-corrected chi connectivity index (χ4v) is 5.58. The third kappa shape index (κ3) is 3.86. The topological polar surface area (TPSA) is 49.4 Å². The van der Waals surface area contributed by atoms with Crippen LogP contribution >= 0.6 is 0 Å². The Morgan fingerprint density at radius 1 is 1.03 bits per heavy atom. The largest absolute Gasteiger partial charge is 0.435 e. The molecule has 0 aromatic heterocycles. The fraction of sp³-hybridized carbons (Fsp3) is 0.636. The van der Waals surface area contributed by atoms with Crippen LogP contribution in [0.1, 0.15) is 48.3 Å². The van der Waals surface area contributed by atoms with Crippen molar-refractivity contribution in [3.63, 3.8) is 0 Å². The fourth-order valence-electron chi connectivity index (χ4n) is 5.58. The number of hydrogen-bond acceptors (Lipinski definition) is 2. The number of fused-ring (bicyclic) bond motifs is 3. The second-order valence-electron chi connectivity index (χ2n) is 9.24. The summed E-state index contributed by atoms with van der Waals surface area (Å²) in [7, 11) is 1.62. The van der Waals surface area contributed by atoms with E-state index in [0.29, 0.717) is 43.5 Å². The van der Waals surface area contributed by atoms with E-state index in [4.69, 9.17) is 0 Å². The van der Waals surface area contributed by atoms with Gasteiger partial charge >= 0.3 is 18.0 Å². The molecule has 2 fully saturated rings. The Kier molecular flexibility index (Phi) is 5.68. The van der Waals surface area contributed by atoms with Crippen molar-refractivity contribution in [1.29, 1.82) is 0 Å². The molecule has 4 rings (SSSR count). The summed E-state index contributed by atoms with van der Waals surface area (Å²) in [5, 5.41) is 2.99. The van der Waals surface area contributed by atoms with Crippen LogP contribution in [-0.4, -0.2) is 48.7 Å². The van der Waals surface area contributed by atoms with Crippen molar-refractivity contribution < 1.29 is 40.3 Å². The first kappa shape index (κ1) is 23.8. The summed E-state index contributed by atoms with van der Waals surface area (Å²) >= 11 is 0. The number of carbonyl (C=O) groups is 2. The lowest BCUT2D eigenvalue weighted by Crippen LogP contribution is -2.50. The van der Waals surface area contributed by atoms with Crippen molar-refractivity contribution in [2.24, 2.45) is 11.8 Å². The van der Waals surface area contributed by atoms with Crippen LogP contribution in [0, 0.1) is 11.8 Å². The molecule has 11 heteroatoms. The standard InChI is InChI=1S/C22H23F7N2O2/c1-31-10-12(9-18(31)32)19(33)30-17-7-6-15-14-5-3-13(8-11(14)2-4-16(15)17)20(23,21(24,25)26)22(27,28)29/h3,5,8,12,15-17H,2,4,6-7,9-10H2,1H3,(H,30,33)/t12-,15+,16-,17-/m1/s1. The molecule has 3 aliphatic rings. The van der Waals surface area contributed by atoms with Gasteiger partial charge in [-0.15, -0.1) is 0 Å². The monoisotopic (exact) mass is 480 g/mol. The first-order valence-corrected chi connectivity index (χ1v) is 10.7. The number of alkyl halides is 7. The zero-order valence-electron chi connectivity index (χ0n) is 17.7. The highest BCUT2D eigenvalue weighted by molar-refractivity contribution is 5.89. The number of likely N-dealkylation sites (tertiary alicyclic amines) is 1. The minimum absolute atomic E-state index is 0.0255. The normalized spacial score (nSPS) is 28.0. The number of aryl methyl sites for hydroxylation is 1. The Morgan fingerprint density at radius 3 is 2.27 bits per heavy atom. The highest BCUT2D eigenvalue weighted by Gasteiger charge is 2.73. The van der Waals surface area contributed by atoms with E-state index in [1.165, 1.54) is 11.0 Å². The van der Waals surface area contributed by atoms with Crippen molar-refractivity contribution in [3.8, 4) is 0 Å². The average molecular weight is 480 g/mol. The molecular weight excluding hydrogens is 457 g/mol. The van der Waals surface area contributed by atoms with Gasteiger partial charge in [0.2, 0.25) is 11.8 Å². The molecule has 2 aliphatic carbocycles. The number of nitrogens with one attached hydrogen (secondary N) is 1. The molecule has 2 amide bonds. The third-order valence-corrected chi connectivity index (χ3v) is 7.33. The second kappa shape index (κ2) is 7.87. The quantitative estimate of drug-likeness (QED) is 0.653. The molecule has 1 aromatic carbocycles. The van der Waals surface area contributed by atoms with Crippen LogP contribution in [0.5, 0.6) is 0 Å². The zero-order chi connectivity index (χ0) is 24.3. The molecule has 1 heterocycles. The molecule has 0 spiro atoms. The van der Waals surface area contributed by atoms with Gasteiger partial charge in [-0.05, 0) is 48.6 Å². The molecule has 0 radical (unpaired) electrons. The lowest BCUT2D eigenvalue weighted by atomic mass is 9.74. The van der Waals surface area contributed by atoms with E-state index in [1.807, 2.05) is 0 Å². The summed E-state index contributed by atoms with van der Waals surface area (Å²) in [6.07, 6.45) is -10.3. The van der Waals surface area contributed by atoms with Gasteiger partial charge in [0.15, 0.2) is 0 Å². The van der Waals surface area contributed by atoms with Gasteiger partial charge in [0.05, 0.1) is 5.92 Å². The Hall–Kier alpha value is -2.33. The summed E-state index contributed by atoms with van der Waals surface area (Å²) in [4.78, 5) is 25.8. The Labute approximate surface area is 185 Å². The van der Waals surface area contributed by atoms with E-state index in [2.05, 4.69) is 5.32 Å². The lowest BCUT2D eigenvalue weighted by molar-refractivity contribution is -0.348. The predicted molar refractivity (Wildman–Crippen MR) is 103 cm³/mol. The molecule has 4 nitrogen and oxygen atoms in total. The number of halogens is 7. The van der Waals surface area contributed by atoms with Gasteiger partial charge in [-0.2, -0.15) is 26.3 Å². The Morgan fingerprint density at radius 2 is 1.70 bits per heavy atom. The van der Waals surface area contributed by atoms with Crippen LogP contribution in [0.3, 0.4) is 0 Å². The van der Waals surface area contributed by atoms with Crippen LogP contribution in [0.25, 0.3) is 0 Å². The molecule has 4 atom stereocenters. The molecule has 33 heavy (non-hydrogen) atoms. The van der Waals surface area contributed by atoms with Gasteiger partial charge in [-0.3, -0.25) is 9.59 Å². The van der Waals surface area contributed by atoms with Crippen molar-refractivity contribution in [3.05, 3.63) is 34.9 Å². The van der Waals surface area contributed by atoms with E-state index in [9.17, 15) is 40.3 Å². The number of carbonyl (C=O) groups excluding carboxylic acids is 2. The SMILES string of the molecule is CN1C[C@H](C(=O)N[C@@H]2CC[C@H]3c4ccc(C(F)(C(F)(F)F)C(F)(F)F)cc4CC[C@@H]23)CC1=O. The number of hydrogen-bond donors (Lipinski definition) is 1. The zero-order valence-corrected chi connectivity index (χ0v) is 17.7. The lowest BCUT2D eigenvalue weighted by Gasteiger charge is -2.34. The minimum atomic E-state index is -6.14. The van der Waals surface area contributed by atoms with E-state index in [1.54, 1.807) is 7.05 Å². The van der Waals surface area contributed by atoms with Crippen LogP contribution in [0.2, 0.25) is 0 Å². The Balaban J connectivity index is 1.53. The average Bonchev–Trinajstić information content (AvgIpc) is 3.28. The molecule has 0 unspecified atom stereocenters. The first-order valence-electron chi connectivity index (χ1n) is 10.7. The van der Waals surface area contributed by atoms with E-state index in [0.717, 1.165) is 0 Å². The smallest absolute Gasteiger partial charge is 0.353 e. The van der Waals surface area contributed by atoms with Gasteiger partial charge in [-0.25, -0.2) is 4.39 Å².